The lowest BCUT2D eigenvalue weighted by Crippen LogP contribution is -2.62. The standard InChI is InChI=1S/C61H78ClN9O8/c1-35(63-10)52(72)67-50(60(4,5)6)58(78)69-33-43-20-13-12-19-42(43)31-49(69)57(77)71(37(3)41-22-16-23-44(62)30-41)56(76)40-28-26-39(27-29-40)54(74)65-45-32-48(55(75)66-47-25-17-21-38-18-14-15-24-46(38)47)70(34-45)59(79)51(61(7,8)9)68-53(73)36(2)64-11/h12-16,18-20,22-24,26-30,35-37,45,47-51,63-64H,17,21,25,31-34H2,1-11H3,(H,65,74)(H,66,75)(H,67,72)(H,68,73)/t35-,36-,37+,45-,47+,48-,49-,50+,51+/m0/s1. The molecule has 0 aromatic heterocycles. The third kappa shape index (κ3) is 13.7. The zero-order chi connectivity index (χ0) is 57.7. The van der Waals surface area contributed by atoms with Crippen molar-refractivity contribution >= 4 is 58.9 Å². The first-order valence-corrected chi connectivity index (χ1v) is 27.8. The lowest BCUT2D eigenvalue weighted by molar-refractivity contribution is -0.150. The Balaban J connectivity index is 1.17. The number of carbonyl (C=O) groups is 8. The maximum atomic E-state index is 15.5. The molecule has 17 nitrogen and oxygen atoms in total. The molecule has 7 rings (SSSR count). The number of nitrogens with zero attached hydrogens (tertiary/aromatic N) is 3. The normalized spacial score (nSPS) is 20.0. The number of likely N-dealkylation sites (N-methyl/N-ethyl adjacent to an activating group) is 2. The summed E-state index contributed by atoms with van der Waals surface area (Å²) in [5.41, 5.74) is 3.12. The van der Waals surface area contributed by atoms with E-state index in [1.165, 1.54) is 34.1 Å². The number of hydrogen-bond donors (Lipinski definition) is 6. The molecule has 18 heteroatoms. The molecule has 0 saturated carbocycles. The van der Waals surface area contributed by atoms with Crippen LogP contribution in [0.15, 0.2) is 97.1 Å². The van der Waals surface area contributed by atoms with Crippen LogP contribution in [0.5, 0.6) is 0 Å². The average molecular weight is 1100 g/mol. The Kier molecular flexibility index (Phi) is 18.9. The molecule has 1 fully saturated rings. The van der Waals surface area contributed by atoms with E-state index in [-0.39, 0.29) is 60.8 Å². The zero-order valence-corrected chi connectivity index (χ0v) is 48.1. The van der Waals surface area contributed by atoms with Crippen molar-refractivity contribution in [2.75, 3.05) is 20.6 Å². The van der Waals surface area contributed by atoms with Crippen LogP contribution in [0.4, 0.5) is 0 Å². The molecule has 0 radical (unpaired) electrons. The highest BCUT2D eigenvalue weighted by Crippen LogP contribution is 2.35. The van der Waals surface area contributed by atoms with Crippen LogP contribution >= 0.6 is 11.6 Å². The Morgan fingerprint density at radius 3 is 1.78 bits per heavy atom. The van der Waals surface area contributed by atoms with E-state index in [4.69, 9.17) is 11.6 Å². The zero-order valence-electron chi connectivity index (χ0n) is 47.4. The predicted molar refractivity (Wildman–Crippen MR) is 303 cm³/mol. The predicted octanol–water partition coefficient (Wildman–Crippen LogP) is 6.19. The van der Waals surface area contributed by atoms with Gasteiger partial charge in [-0.2, -0.15) is 0 Å². The molecule has 4 aromatic carbocycles. The Labute approximate surface area is 469 Å². The van der Waals surface area contributed by atoms with Crippen LogP contribution in [0.3, 0.4) is 0 Å². The van der Waals surface area contributed by atoms with Crippen molar-refractivity contribution in [2.45, 2.75) is 155 Å². The number of aryl methyl sites for hydroxylation is 1. The van der Waals surface area contributed by atoms with E-state index in [9.17, 15) is 28.8 Å². The van der Waals surface area contributed by atoms with Crippen molar-refractivity contribution in [1.82, 2.24) is 46.6 Å². The number of hydrogen-bond acceptors (Lipinski definition) is 10. The highest BCUT2D eigenvalue weighted by atomic mass is 35.5. The minimum Gasteiger partial charge on any atom is -0.347 e. The lowest BCUT2D eigenvalue weighted by atomic mass is 9.84. The second-order valence-corrected chi connectivity index (χ2v) is 23.9. The molecule has 422 valence electrons. The Morgan fingerprint density at radius 1 is 0.646 bits per heavy atom. The quantitative estimate of drug-likeness (QED) is 0.0699. The van der Waals surface area contributed by atoms with Gasteiger partial charge in [-0.25, -0.2) is 0 Å². The largest absolute Gasteiger partial charge is 0.347 e. The van der Waals surface area contributed by atoms with E-state index >= 15 is 9.59 Å². The fourth-order valence-corrected chi connectivity index (χ4v) is 10.9. The van der Waals surface area contributed by atoms with E-state index in [0.717, 1.165) is 46.4 Å². The Bertz CT molecular complexity index is 2940. The monoisotopic (exact) mass is 1100 g/mol. The fraction of sp³-hybridized carbons (Fsp3) is 0.475. The number of likely N-dealkylation sites (tertiary alicyclic amines) is 1. The summed E-state index contributed by atoms with van der Waals surface area (Å²) in [5, 5.41) is 18.3. The number of nitrogens with one attached hydrogen (secondary N) is 6. The Morgan fingerprint density at radius 2 is 1.20 bits per heavy atom. The average Bonchev–Trinajstić information content (AvgIpc) is 3.88. The van der Waals surface area contributed by atoms with E-state index in [1.807, 2.05) is 84.0 Å². The minimum atomic E-state index is -1.17. The fourth-order valence-electron chi connectivity index (χ4n) is 10.7. The molecule has 0 unspecified atom stereocenters. The number of carbonyl (C=O) groups excluding carboxylic acids is 8. The van der Waals surface area contributed by atoms with Gasteiger partial charge in [-0.15, -0.1) is 0 Å². The van der Waals surface area contributed by atoms with Crippen molar-refractivity contribution in [3.8, 4) is 0 Å². The third-order valence-electron chi connectivity index (χ3n) is 15.7. The maximum Gasteiger partial charge on any atom is 0.261 e. The van der Waals surface area contributed by atoms with Crippen molar-refractivity contribution in [3.63, 3.8) is 0 Å². The number of benzene rings is 4. The number of fused-ring (bicyclic) bond motifs is 2. The third-order valence-corrected chi connectivity index (χ3v) is 16.0. The number of halogens is 1. The molecule has 6 N–H and O–H groups in total. The van der Waals surface area contributed by atoms with Gasteiger partial charge in [0.15, 0.2) is 0 Å². The van der Waals surface area contributed by atoms with Crippen molar-refractivity contribution in [1.29, 1.82) is 0 Å². The van der Waals surface area contributed by atoms with Gasteiger partial charge in [-0.05, 0) is 136 Å². The summed E-state index contributed by atoms with van der Waals surface area (Å²) in [4.78, 5) is 120. The molecule has 1 saturated heterocycles. The highest BCUT2D eigenvalue weighted by molar-refractivity contribution is 6.30. The van der Waals surface area contributed by atoms with Gasteiger partial charge in [0.1, 0.15) is 24.2 Å². The molecule has 4 aromatic rings. The summed E-state index contributed by atoms with van der Waals surface area (Å²) < 4.78 is 0. The SMILES string of the molecule is CN[C@@H](C)C(=O)N[C@H](C(=O)N1C[C@@H](NC(=O)c2ccc(C(=O)N(C(=O)[C@@H]3Cc4ccccc4CN3C(=O)[C@@H](NC(=O)[C@H](C)NC)C(C)(C)C)[C@H](C)c3cccc(Cl)c3)cc2)C[C@H]1C(=O)N[C@@H]1CCCc2ccccc21)C(C)(C)C. The van der Waals surface area contributed by atoms with Gasteiger partial charge < -0.3 is 41.7 Å². The molecule has 0 spiro atoms. The maximum absolute atomic E-state index is 15.5. The van der Waals surface area contributed by atoms with Crippen LogP contribution in [-0.2, 0) is 48.2 Å². The molecular weight excluding hydrogens is 1020 g/mol. The number of amides is 8. The molecule has 0 bridgehead atoms. The highest BCUT2D eigenvalue weighted by Gasteiger charge is 2.48. The van der Waals surface area contributed by atoms with E-state index < -0.39 is 88.7 Å². The lowest BCUT2D eigenvalue weighted by Gasteiger charge is -2.43. The molecule has 9 atom stereocenters. The molecule has 2 aliphatic heterocycles. The number of imide groups is 1. The van der Waals surface area contributed by atoms with Gasteiger partial charge in [0.05, 0.1) is 24.2 Å². The van der Waals surface area contributed by atoms with Gasteiger partial charge in [0.25, 0.3) is 17.7 Å². The van der Waals surface area contributed by atoms with E-state index in [2.05, 4.69) is 38.0 Å². The van der Waals surface area contributed by atoms with E-state index in [0.29, 0.717) is 10.6 Å². The summed E-state index contributed by atoms with van der Waals surface area (Å²) >= 11 is 6.49. The van der Waals surface area contributed by atoms with E-state index in [1.54, 1.807) is 59.1 Å². The molecule has 79 heavy (non-hydrogen) atoms. The van der Waals surface area contributed by atoms with Crippen LogP contribution in [0.25, 0.3) is 0 Å². The molecule has 8 amide bonds. The van der Waals surface area contributed by atoms with Crippen molar-refractivity contribution in [2.24, 2.45) is 10.8 Å². The first kappa shape index (κ1) is 59.7. The molecule has 2 heterocycles. The van der Waals surface area contributed by atoms with Crippen LogP contribution in [0.2, 0.25) is 5.02 Å². The van der Waals surface area contributed by atoms with Crippen LogP contribution in [0.1, 0.15) is 142 Å². The van der Waals surface area contributed by atoms with Crippen molar-refractivity contribution < 1.29 is 38.4 Å². The topological polar surface area (TPSA) is 218 Å². The first-order valence-electron chi connectivity index (χ1n) is 27.4. The van der Waals surface area contributed by atoms with Gasteiger partial charge in [0.2, 0.25) is 29.5 Å². The minimum absolute atomic E-state index is 0.0217. The smallest absolute Gasteiger partial charge is 0.261 e. The first-order chi connectivity index (χ1) is 37.3. The summed E-state index contributed by atoms with van der Waals surface area (Å²) in [5.74, 6) is -3.94. The van der Waals surface area contributed by atoms with Crippen molar-refractivity contribution in [3.05, 3.63) is 141 Å². The van der Waals surface area contributed by atoms with Crippen LogP contribution in [0, 0.1) is 10.8 Å². The van der Waals surface area contributed by atoms with Crippen LogP contribution < -0.4 is 31.9 Å². The molecule has 1 aliphatic carbocycles. The van der Waals surface area contributed by atoms with Gasteiger partial charge in [-0.3, -0.25) is 43.3 Å². The molecular formula is C61H78ClN9O8. The second-order valence-electron chi connectivity index (χ2n) is 23.5. The molecule has 3 aliphatic rings. The number of rotatable bonds is 16. The summed E-state index contributed by atoms with van der Waals surface area (Å²) in [7, 11) is 3.30. The summed E-state index contributed by atoms with van der Waals surface area (Å²) in [6, 6.07) is 20.9. The summed E-state index contributed by atoms with van der Waals surface area (Å²) in [6.07, 6.45) is 2.67. The van der Waals surface area contributed by atoms with Gasteiger partial charge in [0, 0.05) is 41.7 Å². The van der Waals surface area contributed by atoms with Gasteiger partial charge in [-0.1, -0.05) is 114 Å². The Hall–Kier alpha value is -6.95. The second kappa shape index (κ2) is 25.0. The van der Waals surface area contributed by atoms with Crippen LogP contribution in [-0.4, -0.2) is 125 Å². The van der Waals surface area contributed by atoms with Gasteiger partial charge >= 0.3 is 0 Å². The summed E-state index contributed by atoms with van der Waals surface area (Å²) in [6.45, 7) is 16.1.